The molecule has 1 atom stereocenters. The molecule has 0 spiro atoms. The fourth-order valence-electron chi connectivity index (χ4n) is 3.60. The van der Waals surface area contributed by atoms with Crippen LogP contribution >= 0.6 is 22.9 Å². The van der Waals surface area contributed by atoms with Crippen LogP contribution in [-0.4, -0.2) is 34.0 Å². The minimum absolute atomic E-state index is 0.0379. The maximum atomic E-state index is 12.8. The first-order chi connectivity index (χ1) is 13.6. The number of halogens is 1. The molecule has 1 unspecified atom stereocenters. The Kier molecular flexibility index (Phi) is 5.76. The second-order valence-corrected chi connectivity index (χ2v) is 8.32. The Balaban J connectivity index is 1.38. The lowest BCUT2D eigenvalue weighted by atomic mass is 9.87. The van der Waals surface area contributed by atoms with Gasteiger partial charge in [-0.15, -0.1) is 11.3 Å². The summed E-state index contributed by atoms with van der Waals surface area (Å²) < 4.78 is 0. The van der Waals surface area contributed by atoms with Gasteiger partial charge in [-0.2, -0.15) is 0 Å². The van der Waals surface area contributed by atoms with Crippen molar-refractivity contribution in [2.24, 2.45) is 5.92 Å². The zero-order valence-electron chi connectivity index (χ0n) is 15.3. The van der Waals surface area contributed by atoms with Crippen molar-refractivity contribution in [2.75, 3.05) is 13.1 Å². The van der Waals surface area contributed by atoms with E-state index in [2.05, 4.69) is 4.98 Å². The van der Waals surface area contributed by atoms with Gasteiger partial charge in [0, 0.05) is 29.1 Å². The van der Waals surface area contributed by atoms with E-state index in [-0.39, 0.29) is 11.8 Å². The lowest BCUT2D eigenvalue weighted by Gasteiger charge is -2.34. The third kappa shape index (κ3) is 4.12. The normalized spacial score (nSPS) is 16.1. The Labute approximate surface area is 173 Å². The Morgan fingerprint density at radius 1 is 1.11 bits per heavy atom. The smallest absolute Gasteiger partial charge is 0.273 e. The quantitative estimate of drug-likeness (QED) is 0.652. The molecule has 4 rings (SSSR count). The average molecular weight is 413 g/mol. The van der Waals surface area contributed by atoms with Gasteiger partial charge in [0.25, 0.3) is 5.91 Å². The standard InChI is InChI=1S/C22H21ClN2O2S/c23-18-8-6-17(7-9-18)21-24-19(14-28-21)22(27)25-12-10-16(11-13-25)20(26)15-4-2-1-3-5-15/h1-9,14,16,20,26H,10-13H2. The Hall–Kier alpha value is -2.21. The molecule has 2 aromatic carbocycles. The predicted molar refractivity (Wildman–Crippen MR) is 113 cm³/mol. The molecule has 0 radical (unpaired) electrons. The zero-order chi connectivity index (χ0) is 19.5. The molecule has 0 bridgehead atoms. The van der Waals surface area contributed by atoms with Gasteiger partial charge in [-0.05, 0) is 36.5 Å². The van der Waals surface area contributed by atoms with Crippen LogP contribution in [0, 0.1) is 5.92 Å². The van der Waals surface area contributed by atoms with Crippen molar-refractivity contribution in [3.63, 3.8) is 0 Å². The minimum Gasteiger partial charge on any atom is -0.388 e. The molecule has 1 N–H and O–H groups in total. The van der Waals surface area contributed by atoms with Crippen molar-refractivity contribution in [2.45, 2.75) is 18.9 Å². The molecular weight excluding hydrogens is 392 g/mol. The zero-order valence-corrected chi connectivity index (χ0v) is 16.9. The third-order valence-corrected chi connectivity index (χ3v) is 6.37. The van der Waals surface area contributed by atoms with Crippen LogP contribution in [0.5, 0.6) is 0 Å². The summed E-state index contributed by atoms with van der Waals surface area (Å²) in [4.78, 5) is 19.2. The highest BCUT2D eigenvalue weighted by molar-refractivity contribution is 7.13. The van der Waals surface area contributed by atoms with Gasteiger partial charge < -0.3 is 10.0 Å². The molecule has 1 aliphatic heterocycles. The summed E-state index contributed by atoms with van der Waals surface area (Å²) >= 11 is 7.40. The van der Waals surface area contributed by atoms with Gasteiger partial charge in [0.2, 0.25) is 0 Å². The number of carbonyl (C=O) groups excluding carboxylic acids is 1. The first-order valence-electron chi connectivity index (χ1n) is 9.35. The van der Waals surface area contributed by atoms with Crippen LogP contribution in [0.3, 0.4) is 0 Å². The highest BCUT2D eigenvalue weighted by Crippen LogP contribution is 2.31. The molecule has 1 aliphatic rings. The number of nitrogens with zero attached hydrogens (tertiary/aromatic N) is 2. The summed E-state index contributed by atoms with van der Waals surface area (Å²) in [5, 5.41) is 13.9. The summed E-state index contributed by atoms with van der Waals surface area (Å²) in [5.41, 5.74) is 2.38. The van der Waals surface area contributed by atoms with Crippen LogP contribution < -0.4 is 0 Å². The van der Waals surface area contributed by atoms with Gasteiger partial charge in [-0.25, -0.2) is 4.98 Å². The van der Waals surface area contributed by atoms with Crippen LogP contribution in [0.25, 0.3) is 10.6 Å². The van der Waals surface area contributed by atoms with Crippen LogP contribution in [0.1, 0.15) is 35.0 Å². The van der Waals surface area contributed by atoms with Crippen molar-refractivity contribution >= 4 is 28.8 Å². The number of thiazole rings is 1. The molecule has 1 aromatic heterocycles. The molecule has 1 saturated heterocycles. The number of carbonyl (C=O) groups is 1. The van der Waals surface area contributed by atoms with Crippen molar-refractivity contribution in [1.82, 2.24) is 9.88 Å². The molecule has 4 nitrogen and oxygen atoms in total. The molecule has 1 amide bonds. The Morgan fingerprint density at radius 2 is 1.79 bits per heavy atom. The van der Waals surface area contributed by atoms with Crippen LogP contribution in [0.15, 0.2) is 60.0 Å². The van der Waals surface area contributed by atoms with Gasteiger partial charge in [0.15, 0.2) is 0 Å². The average Bonchev–Trinajstić information content (AvgIpc) is 3.24. The third-order valence-electron chi connectivity index (χ3n) is 5.23. The number of rotatable bonds is 4. The number of likely N-dealkylation sites (tertiary alicyclic amines) is 1. The number of amides is 1. The van der Waals surface area contributed by atoms with E-state index in [4.69, 9.17) is 11.6 Å². The highest BCUT2D eigenvalue weighted by atomic mass is 35.5. The van der Waals surface area contributed by atoms with Crippen LogP contribution in [-0.2, 0) is 0 Å². The Bertz CT molecular complexity index is 935. The van der Waals surface area contributed by atoms with E-state index in [0.29, 0.717) is 23.8 Å². The second-order valence-electron chi connectivity index (χ2n) is 7.03. The number of aromatic nitrogens is 1. The van der Waals surface area contributed by atoms with Crippen molar-refractivity contribution in [3.05, 3.63) is 76.3 Å². The fraction of sp³-hybridized carbons (Fsp3) is 0.273. The summed E-state index contributed by atoms with van der Waals surface area (Å²) in [6.07, 6.45) is 1.10. The van der Waals surface area contributed by atoms with Crippen LogP contribution in [0.4, 0.5) is 0 Å². The predicted octanol–water partition coefficient (Wildman–Crippen LogP) is 5.05. The van der Waals surface area contributed by atoms with E-state index in [9.17, 15) is 9.90 Å². The molecular formula is C22H21ClN2O2S. The number of hydrogen-bond donors (Lipinski definition) is 1. The first kappa shape index (κ1) is 19.1. The van der Waals surface area contributed by atoms with Gasteiger partial charge in [-0.3, -0.25) is 4.79 Å². The van der Waals surface area contributed by atoms with E-state index >= 15 is 0 Å². The van der Waals surface area contributed by atoms with E-state index in [0.717, 1.165) is 29.0 Å². The summed E-state index contributed by atoms with van der Waals surface area (Å²) in [7, 11) is 0. The maximum Gasteiger partial charge on any atom is 0.273 e. The monoisotopic (exact) mass is 412 g/mol. The molecule has 6 heteroatoms. The maximum absolute atomic E-state index is 12.8. The summed E-state index contributed by atoms with van der Waals surface area (Å²) in [6, 6.07) is 17.2. The van der Waals surface area contributed by atoms with Gasteiger partial charge >= 0.3 is 0 Å². The molecule has 3 aromatic rings. The van der Waals surface area contributed by atoms with Crippen molar-refractivity contribution in [1.29, 1.82) is 0 Å². The molecule has 28 heavy (non-hydrogen) atoms. The number of aliphatic hydroxyl groups excluding tert-OH is 1. The van der Waals surface area contributed by atoms with E-state index < -0.39 is 6.10 Å². The number of benzene rings is 2. The van der Waals surface area contributed by atoms with Crippen molar-refractivity contribution < 1.29 is 9.90 Å². The topological polar surface area (TPSA) is 53.4 Å². The van der Waals surface area contributed by atoms with E-state index in [1.807, 2.05) is 64.9 Å². The number of aliphatic hydroxyl groups is 1. The molecule has 0 saturated carbocycles. The summed E-state index contributed by atoms with van der Waals surface area (Å²) in [5.74, 6) is 0.135. The first-order valence-corrected chi connectivity index (χ1v) is 10.6. The van der Waals surface area contributed by atoms with Gasteiger partial charge in [-0.1, -0.05) is 54.1 Å². The lowest BCUT2D eigenvalue weighted by Crippen LogP contribution is -2.39. The molecule has 144 valence electrons. The largest absolute Gasteiger partial charge is 0.388 e. The van der Waals surface area contributed by atoms with E-state index in [1.165, 1.54) is 11.3 Å². The van der Waals surface area contributed by atoms with E-state index in [1.54, 1.807) is 0 Å². The van der Waals surface area contributed by atoms with Gasteiger partial charge in [0.05, 0.1) is 6.10 Å². The molecule has 2 heterocycles. The highest BCUT2D eigenvalue weighted by Gasteiger charge is 2.29. The molecule has 0 aliphatic carbocycles. The number of piperidine rings is 1. The number of hydrogen-bond acceptors (Lipinski definition) is 4. The minimum atomic E-state index is -0.478. The fourth-order valence-corrected chi connectivity index (χ4v) is 4.53. The lowest BCUT2D eigenvalue weighted by molar-refractivity contribution is 0.0459. The second kappa shape index (κ2) is 8.43. The SMILES string of the molecule is O=C(c1csc(-c2ccc(Cl)cc2)n1)N1CCC(C(O)c2ccccc2)CC1. The van der Waals surface area contributed by atoms with Crippen molar-refractivity contribution in [3.8, 4) is 10.6 Å². The Morgan fingerprint density at radius 3 is 2.46 bits per heavy atom. The molecule has 1 fully saturated rings. The van der Waals surface area contributed by atoms with Crippen LogP contribution in [0.2, 0.25) is 5.02 Å². The van der Waals surface area contributed by atoms with Gasteiger partial charge in [0.1, 0.15) is 10.7 Å². The summed E-state index contributed by atoms with van der Waals surface area (Å²) in [6.45, 7) is 1.28.